The van der Waals surface area contributed by atoms with Gasteiger partial charge in [0.2, 0.25) is 5.95 Å². The monoisotopic (exact) mass is 346 g/mol. The summed E-state index contributed by atoms with van der Waals surface area (Å²) < 4.78 is 0. The van der Waals surface area contributed by atoms with Crippen LogP contribution in [0.2, 0.25) is 5.02 Å². The average molecular weight is 347 g/mol. The van der Waals surface area contributed by atoms with Crippen LogP contribution in [0.25, 0.3) is 0 Å². The lowest BCUT2D eigenvalue weighted by atomic mass is 10.1. The number of halogens is 1. The van der Waals surface area contributed by atoms with Crippen molar-refractivity contribution in [3.63, 3.8) is 0 Å². The molecule has 0 fully saturated rings. The van der Waals surface area contributed by atoms with Gasteiger partial charge in [-0.05, 0) is 51.0 Å². The molecule has 6 heteroatoms. The lowest BCUT2D eigenvalue weighted by Gasteiger charge is -2.19. The number of hydrogen-bond donors (Lipinski definition) is 1. The van der Waals surface area contributed by atoms with Gasteiger partial charge in [-0.2, -0.15) is 0 Å². The highest BCUT2D eigenvalue weighted by Crippen LogP contribution is 2.12. The molecule has 0 atom stereocenters. The molecule has 2 rings (SSSR count). The molecule has 0 radical (unpaired) electrons. The minimum atomic E-state index is -0.184. The molecule has 1 heterocycles. The number of carbonyl (C=O) groups is 1. The Hall–Kier alpha value is -2.14. The van der Waals surface area contributed by atoms with E-state index in [1.807, 2.05) is 49.9 Å². The molecule has 0 saturated carbocycles. The molecule has 0 aliphatic carbocycles. The van der Waals surface area contributed by atoms with E-state index in [0.717, 1.165) is 30.8 Å². The number of nitrogens with one attached hydrogen (secondary N) is 1. The van der Waals surface area contributed by atoms with Crippen molar-refractivity contribution in [2.45, 2.75) is 27.2 Å². The lowest BCUT2D eigenvalue weighted by Crippen LogP contribution is -2.29. The van der Waals surface area contributed by atoms with Crippen LogP contribution in [0.4, 0.5) is 5.95 Å². The van der Waals surface area contributed by atoms with Crippen LogP contribution in [0.1, 0.15) is 35.6 Å². The fourth-order valence-electron chi connectivity index (χ4n) is 2.42. The fourth-order valence-corrected chi connectivity index (χ4v) is 2.63. The summed E-state index contributed by atoms with van der Waals surface area (Å²) in [6.45, 7) is 8.09. The molecule has 0 aliphatic heterocycles. The first-order valence-electron chi connectivity index (χ1n) is 8.16. The van der Waals surface area contributed by atoms with Crippen LogP contribution in [-0.2, 0) is 6.42 Å². The Labute approximate surface area is 148 Å². The van der Waals surface area contributed by atoms with Crippen LogP contribution in [0.5, 0.6) is 0 Å². The van der Waals surface area contributed by atoms with Crippen molar-refractivity contribution in [1.29, 1.82) is 0 Å². The Morgan fingerprint density at radius 1 is 1.21 bits per heavy atom. The zero-order chi connectivity index (χ0) is 17.5. The van der Waals surface area contributed by atoms with Gasteiger partial charge in [-0.3, -0.25) is 4.79 Å². The van der Waals surface area contributed by atoms with Gasteiger partial charge in [0.05, 0.1) is 0 Å². The number of hydrogen-bond acceptors (Lipinski definition) is 4. The summed E-state index contributed by atoms with van der Waals surface area (Å²) in [5.74, 6) is 0.413. The van der Waals surface area contributed by atoms with E-state index >= 15 is 0 Å². The molecule has 1 amide bonds. The van der Waals surface area contributed by atoms with Crippen LogP contribution < -0.4 is 10.2 Å². The number of anilines is 1. The van der Waals surface area contributed by atoms with Crippen molar-refractivity contribution in [3.05, 3.63) is 52.3 Å². The highest BCUT2D eigenvalue weighted by atomic mass is 35.5. The molecule has 0 bridgehead atoms. The van der Waals surface area contributed by atoms with Crippen LogP contribution >= 0.6 is 11.6 Å². The Kier molecular flexibility index (Phi) is 6.55. The molecular formula is C18H23ClN4O. The maximum atomic E-state index is 12.4. The predicted molar refractivity (Wildman–Crippen MR) is 97.8 cm³/mol. The van der Waals surface area contributed by atoms with Gasteiger partial charge in [0.25, 0.3) is 5.91 Å². The van der Waals surface area contributed by atoms with Gasteiger partial charge in [-0.1, -0.05) is 23.7 Å². The first-order valence-corrected chi connectivity index (χ1v) is 8.54. The van der Waals surface area contributed by atoms with Gasteiger partial charge in [0, 0.05) is 30.4 Å². The van der Waals surface area contributed by atoms with Gasteiger partial charge < -0.3 is 10.2 Å². The van der Waals surface area contributed by atoms with Gasteiger partial charge in [-0.15, -0.1) is 0 Å². The van der Waals surface area contributed by atoms with E-state index < -0.39 is 0 Å². The van der Waals surface area contributed by atoms with E-state index in [-0.39, 0.29) is 5.91 Å². The van der Waals surface area contributed by atoms with Gasteiger partial charge in [-0.25, -0.2) is 9.97 Å². The SMILES string of the molecule is CCN(CC)c1nc(C)cc(C(=O)NCCc2cccc(Cl)c2)n1. The molecule has 0 saturated heterocycles. The normalized spacial score (nSPS) is 10.5. The van der Waals surface area contributed by atoms with Crippen LogP contribution in [0.3, 0.4) is 0 Å². The highest BCUT2D eigenvalue weighted by molar-refractivity contribution is 6.30. The molecule has 2 aromatic rings. The quantitative estimate of drug-likeness (QED) is 0.836. The van der Waals surface area contributed by atoms with Crippen molar-refractivity contribution < 1.29 is 4.79 Å². The summed E-state index contributed by atoms with van der Waals surface area (Å²) in [6.07, 6.45) is 0.721. The summed E-state index contributed by atoms with van der Waals surface area (Å²) in [6, 6.07) is 9.35. The smallest absolute Gasteiger partial charge is 0.270 e. The van der Waals surface area contributed by atoms with Crippen molar-refractivity contribution in [2.75, 3.05) is 24.5 Å². The van der Waals surface area contributed by atoms with Gasteiger partial charge in [0.15, 0.2) is 0 Å². The maximum absolute atomic E-state index is 12.4. The van der Waals surface area contributed by atoms with Crippen molar-refractivity contribution in [3.8, 4) is 0 Å². The standard InChI is InChI=1S/C18H23ClN4O/c1-4-23(5-2)18-21-13(3)11-16(22-18)17(24)20-10-9-14-7-6-8-15(19)12-14/h6-8,11-12H,4-5,9-10H2,1-3H3,(H,20,24). The number of nitrogens with zero attached hydrogens (tertiary/aromatic N) is 3. The number of carbonyl (C=O) groups excluding carboxylic acids is 1. The largest absolute Gasteiger partial charge is 0.350 e. The average Bonchev–Trinajstić information content (AvgIpc) is 2.55. The summed E-state index contributed by atoms with van der Waals surface area (Å²) in [5.41, 5.74) is 2.27. The number of benzene rings is 1. The second kappa shape index (κ2) is 8.64. The second-order valence-electron chi connectivity index (χ2n) is 5.50. The predicted octanol–water partition coefficient (Wildman–Crippen LogP) is 3.26. The first-order chi connectivity index (χ1) is 11.5. The topological polar surface area (TPSA) is 58.1 Å². The molecule has 0 aliphatic rings. The Bertz CT molecular complexity index is 701. The minimum Gasteiger partial charge on any atom is -0.350 e. The zero-order valence-corrected chi connectivity index (χ0v) is 15.1. The second-order valence-corrected chi connectivity index (χ2v) is 5.94. The van der Waals surface area contributed by atoms with Gasteiger partial charge >= 0.3 is 0 Å². The molecular weight excluding hydrogens is 324 g/mol. The van der Waals surface area contributed by atoms with Crippen molar-refractivity contribution >= 4 is 23.5 Å². The fraction of sp³-hybridized carbons (Fsp3) is 0.389. The van der Waals surface area contributed by atoms with E-state index in [1.54, 1.807) is 6.07 Å². The number of rotatable bonds is 7. The summed E-state index contributed by atoms with van der Waals surface area (Å²) in [5, 5.41) is 3.61. The minimum absolute atomic E-state index is 0.184. The third-order valence-corrected chi connectivity index (χ3v) is 3.94. The highest BCUT2D eigenvalue weighted by Gasteiger charge is 2.13. The maximum Gasteiger partial charge on any atom is 0.270 e. The molecule has 1 aromatic carbocycles. The van der Waals surface area contributed by atoms with Crippen LogP contribution in [-0.4, -0.2) is 35.5 Å². The zero-order valence-electron chi connectivity index (χ0n) is 14.3. The Morgan fingerprint density at radius 3 is 2.62 bits per heavy atom. The molecule has 0 spiro atoms. The number of aryl methyl sites for hydroxylation is 1. The van der Waals surface area contributed by atoms with E-state index in [4.69, 9.17) is 11.6 Å². The summed E-state index contributed by atoms with van der Waals surface area (Å²) >= 11 is 5.97. The molecule has 128 valence electrons. The molecule has 24 heavy (non-hydrogen) atoms. The van der Waals surface area contributed by atoms with E-state index in [9.17, 15) is 4.79 Å². The summed E-state index contributed by atoms with van der Waals surface area (Å²) in [7, 11) is 0. The van der Waals surface area contributed by atoms with Crippen LogP contribution in [0, 0.1) is 6.92 Å². The number of aromatic nitrogens is 2. The van der Waals surface area contributed by atoms with E-state index in [0.29, 0.717) is 23.2 Å². The van der Waals surface area contributed by atoms with E-state index in [2.05, 4.69) is 15.3 Å². The van der Waals surface area contributed by atoms with E-state index in [1.165, 1.54) is 0 Å². The molecule has 1 N–H and O–H groups in total. The number of amides is 1. The molecule has 5 nitrogen and oxygen atoms in total. The summed E-state index contributed by atoms with van der Waals surface area (Å²) in [4.78, 5) is 23.2. The lowest BCUT2D eigenvalue weighted by molar-refractivity contribution is 0.0949. The molecule has 1 aromatic heterocycles. The van der Waals surface area contributed by atoms with Crippen LogP contribution in [0.15, 0.2) is 30.3 Å². The Balaban J connectivity index is 2.01. The van der Waals surface area contributed by atoms with Crippen molar-refractivity contribution in [1.82, 2.24) is 15.3 Å². The Morgan fingerprint density at radius 2 is 1.96 bits per heavy atom. The van der Waals surface area contributed by atoms with Gasteiger partial charge in [0.1, 0.15) is 5.69 Å². The third-order valence-electron chi connectivity index (χ3n) is 3.71. The van der Waals surface area contributed by atoms with Crippen molar-refractivity contribution in [2.24, 2.45) is 0 Å². The molecule has 0 unspecified atom stereocenters. The third kappa shape index (κ3) is 4.93. The first kappa shape index (κ1) is 18.2.